The lowest BCUT2D eigenvalue weighted by atomic mass is 9.98. The maximum absolute atomic E-state index is 12.5. The Morgan fingerprint density at radius 3 is 2.45 bits per heavy atom. The molecule has 0 spiro atoms. The molecule has 2 aromatic carbocycles. The van der Waals surface area contributed by atoms with Gasteiger partial charge in [-0.25, -0.2) is 0 Å². The number of hydrogen-bond donors (Lipinski definition) is 2. The third-order valence-electron chi connectivity index (χ3n) is 5.31. The van der Waals surface area contributed by atoms with Gasteiger partial charge in [-0.3, -0.25) is 14.5 Å². The van der Waals surface area contributed by atoms with Crippen LogP contribution in [0.3, 0.4) is 0 Å². The summed E-state index contributed by atoms with van der Waals surface area (Å²) in [6, 6.07) is 18.1. The predicted octanol–water partition coefficient (Wildman–Crippen LogP) is 3.92. The van der Waals surface area contributed by atoms with Crippen molar-refractivity contribution < 1.29 is 9.59 Å². The quantitative estimate of drug-likeness (QED) is 0.715. The van der Waals surface area contributed by atoms with Crippen LogP contribution in [0, 0.1) is 5.92 Å². The molecule has 29 heavy (non-hydrogen) atoms. The molecule has 2 N–H and O–H groups in total. The van der Waals surface area contributed by atoms with Crippen molar-refractivity contribution in [1.82, 2.24) is 10.2 Å². The zero-order valence-electron chi connectivity index (χ0n) is 17.2. The van der Waals surface area contributed by atoms with Crippen LogP contribution in [0.15, 0.2) is 54.6 Å². The molecule has 1 unspecified atom stereocenters. The SMILES string of the molecule is CCCC(=O)NCC1CCCN(CC(=O)Nc2ccc(-c3ccccc3)cc2)C1. The van der Waals surface area contributed by atoms with Crippen molar-refractivity contribution in [3.05, 3.63) is 54.6 Å². The van der Waals surface area contributed by atoms with Gasteiger partial charge in [0.1, 0.15) is 0 Å². The summed E-state index contributed by atoms with van der Waals surface area (Å²) in [6.07, 6.45) is 3.62. The first-order chi connectivity index (χ1) is 14.1. The molecule has 5 nitrogen and oxygen atoms in total. The molecule has 1 aliphatic rings. The van der Waals surface area contributed by atoms with E-state index in [4.69, 9.17) is 0 Å². The molecule has 1 atom stereocenters. The van der Waals surface area contributed by atoms with Crippen LogP contribution in [0.5, 0.6) is 0 Å². The number of anilines is 1. The molecule has 0 aliphatic carbocycles. The predicted molar refractivity (Wildman–Crippen MR) is 118 cm³/mol. The van der Waals surface area contributed by atoms with E-state index in [1.807, 2.05) is 49.4 Å². The lowest BCUT2D eigenvalue weighted by Gasteiger charge is -2.32. The maximum atomic E-state index is 12.5. The van der Waals surface area contributed by atoms with Crippen LogP contribution in [0.1, 0.15) is 32.6 Å². The number of carbonyl (C=O) groups is 2. The zero-order valence-corrected chi connectivity index (χ0v) is 17.2. The van der Waals surface area contributed by atoms with Gasteiger partial charge in [0.2, 0.25) is 11.8 Å². The first kappa shape index (κ1) is 21.1. The van der Waals surface area contributed by atoms with Gasteiger partial charge < -0.3 is 10.6 Å². The highest BCUT2D eigenvalue weighted by Gasteiger charge is 2.22. The third-order valence-corrected chi connectivity index (χ3v) is 5.31. The van der Waals surface area contributed by atoms with Crippen LogP contribution in [0.25, 0.3) is 11.1 Å². The van der Waals surface area contributed by atoms with E-state index >= 15 is 0 Å². The molecule has 0 bridgehead atoms. The van der Waals surface area contributed by atoms with Crippen molar-refractivity contribution in [3.63, 3.8) is 0 Å². The monoisotopic (exact) mass is 393 g/mol. The van der Waals surface area contributed by atoms with Crippen LogP contribution < -0.4 is 10.6 Å². The summed E-state index contributed by atoms with van der Waals surface area (Å²) in [6.45, 7) is 4.89. The number of hydrogen-bond acceptors (Lipinski definition) is 3. The molecular weight excluding hydrogens is 362 g/mol. The van der Waals surface area contributed by atoms with Crippen LogP contribution >= 0.6 is 0 Å². The van der Waals surface area contributed by atoms with Gasteiger partial charge in [-0.2, -0.15) is 0 Å². The van der Waals surface area contributed by atoms with Crippen molar-refractivity contribution in [2.75, 3.05) is 31.5 Å². The van der Waals surface area contributed by atoms with Gasteiger partial charge in [-0.15, -0.1) is 0 Å². The molecule has 1 saturated heterocycles. The number of carbonyl (C=O) groups excluding carboxylic acids is 2. The second-order valence-electron chi connectivity index (χ2n) is 7.79. The van der Waals surface area contributed by atoms with Crippen LogP contribution in [-0.4, -0.2) is 42.9 Å². The number of benzene rings is 2. The number of piperidine rings is 1. The van der Waals surface area contributed by atoms with E-state index in [-0.39, 0.29) is 11.8 Å². The smallest absolute Gasteiger partial charge is 0.238 e. The van der Waals surface area contributed by atoms with Crippen LogP contribution in [-0.2, 0) is 9.59 Å². The number of amides is 2. The Hall–Kier alpha value is -2.66. The van der Waals surface area contributed by atoms with Crippen molar-refractivity contribution >= 4 is 17.5 Å². The molecule has 2 amide bonds. The van der Waals surface area contributed by atoms with E-state index in [0.717, 1.165) is 49.2 Å². The lowest BCUT2D eigenvalue weighted by molar-refractivity contribution is -0.121. The number of nitrogens with one attached hydrogen (secondary N) is 2. The van der Waals surface area contributed by atoms with E-state index in [1.165, 1.54) is 0 Å². The largest absolute Gasteiger partial charge is 0.356 e. The summed E-state index contributed by atoms with van der Waals surface area (Å²) in [7, 11) is 0. The van der Waals surface area contributed by atoms with Gasteiger partial charge in [-0.1, -0.05) is 49.4 Å². The molecule has 2 aromatic rings. The van der Waals surface area contributed by atoms with E-state index in [9.17, 15) is 9.59 Å². The lowest BCUT2D eigenvalue weighted by Crippen LogP contribution is -2.43. The van der Waals surface area contributed by atoms with Crippen LogP contribution in [0.2, 0.25) is 0 Å². The molecule has 1 fully saturated rings. The van der Waals surface area contributed by atoms with Gasteiger partial charge in [0, 0.05) is 25.2 Å². The molecule has 0 saturated carbocycles. The second kappa shape index (κ2) is 10.8. The highest BCUT2D eigenvalue weighted by Crippen LogP contribution is 2.21. The molecule has 5 heteroatoms. The number of likely N-dealkylation sites (tertiary alicyclic amines) is 1. The fraction of sp³-hybridized carbons (Fsp3) is 0.417. The van der Waals surface area contributed by atoms with Gasteiger partial charge in [-0.05, 0) is 55.0 Å². The first-order valence-electron chi connectivity index (χ1n) is 10.6. The van der Waals surface area contributed by atoms with Crippen molar-refractivity contribution in [1.29, 1.82) is 0 Å². The van der Waals surface area contributed by atoms with E-state index < -0.39 is 0 Å². The minimum Gasteiger partial charge on any atom is -0.356 e. The van der Waals surface area contributed by atoms with E-state index in [0.29, 0.717) is 25.4 Å². The van der Waals surface area contributed by atoms with Crippen molar-refractivity contribution in [2.45, 2.75) is 32.6 Å². The van der Waals surface area contributed by atoms with Gasteiger partial charge in [0.05, 0.1) is 6.54 Å². The summed E-state index contributed by atoms with van der Waals surface area (Å²) < 4.78 is 0. The van der Waals surface area contributed by atoms with Gasteiger partial charge in [0.25, 0.3) is 0 Å². The average molecular weight is 394 g/mol. The number of rotatable bonds is 8. The minimum absolute atomic E-state index is 0.00753. The van der Waals surface area contributed by atoms with E-state index in [1.54, 1.807) is 0 Å². The minimum atomic E-state index is 0.00753. The summed E-state index contributed by atoms with van der Waals surface area (Å²) in [5.41, 5.74) is 3.11. The zero-order chi connectivity index (χ0) is 20.5. The standard InChI is InChI=1S/C24H31N3O2/c1-2-7-23(28)25-16-19-8-6-15-27(17-19)18-24(29)26-22-13-11-21(12-14-22)20-9-4-3-5-10-20/h3-5,9-14,19H,2,6-8,15-18H2,1H3,(H,25,28)(H,26,29). The Morgan fingerprint density at radius 2 is 1.72 bits per heavy atom. The Bertz CT molecular complexity index is 790. The average Bonchev–Trinajstić information content (AvgIpc) is 2.74. The van der Waals surface area contributed by atoms with Crippen molar-refractivity contribution in [2.24, 2.45) is 5.92 Å². The molecule has 0 radical (unpaired) electrons. The van der Waals surface area contributed by atoms with Gasteiger partial charge in [0.15, 0.2) is 0 Å². The topological polar surface area (TPSA) is 61.4 Å². The Balaban J connectivity index is 1.45. The summed E-state index contributed by atoms with van der Waals surface area (Å²) in [4.78, 5) is 26.3. The highest BCUT2D eigenvalue weighted by molar-refractivity contribution is 5.92. The summed E-state index contributed by atoms with van der Waals surface area (Å²) >= 11 is 0. The fourth-order valence-electron chi connectivity index (χ4n) is 3.82. The second-order valence-corrected chi connectivity index (χ2v) is 7.79. The Kier molecular flexibility index (Phi) is 7.82. The molecule has 154 valence electrons. The third kappa shape index (κ3) is 6.71. The van der Waals surface area contributed by atoms with Crippen molar-refractivity contribution in [3.8, 4) is 11.1 Å². The molecule has 1 aliphatic heterocycles. The molecule has 1 heterocycles. The van der Waals surface area contributed by atoms with Crippen LogP contribution in [0.4, 0.5) is 5.69 Å². The van der Waals surface area contributed by atoms with Gasteiger partial charge >= 0.3 is 0 Å². The normalized spacial score (nSPS) is 16.9. The highest BCUT2D eigenvalue weighted by atomic mass is 16.2. The summed E-state index contributed by atoms with van der Waals surface area (Å²) in [5, 5.41) is 6.02. The van der Waals surface area contributed by atoms with E-state index in [2.05, 4.69) is 27.7 Å². The Labute approximate surface area is 173 Å². The summed E-state index contributed by atoms with van der Waals surface area (Å²) in [5.74, 6) is 0.553. The molecule has 0 aromatic heterocycles. The first-order valence-corrected chi connectivity index (χ1v) is 10.6. The fourth-order valence-corrected chi connectivity index (χ4v) is 3.82. The molecule has 3 rings (SSSR count). The molecular formula is C24H31N3O2. The Morgan fingerprint density at radius 1 is 1.00 bits per heavy atom. The number of nitrogens with zero attached hydrogens (tertiary/aromatic N) is 1. The maximum Gasteiger partial charge on any atom is 0.238 e.